The molecule has 2 saturated carbocycles. The molecule has 0 spiro atoms. The van der Waals surface area contributed by atoms with Crippen molar-refractivity contribution in [2.24, 2.45) is 33.3 Å². The van der Waals surface area contributed by atoms with Crippen LogP contribution in [0.4, 0.5) is 0 Å². The van der Waals surface area contributed by atoms with Crippen LogP contribution in [-0.2, 0) is 0 Å². The number of allylic oxidation sites excluding steroid dienone is 3. The fraction of sp³-hybridized carbons (Fsp3) is 0.667. The van der Waals surface area contributed by atoms with Crippen molar-refractivity contribution in [2.75, 3.05) is 0 Å². The Morgan fingerprint density at radius 2 is 1.76 bits per heavy atom. The van der Waals surface area contributed by atoms with Gasteiger partial charge in [-0.25, -0.2) is 0 Å². The molecular formula is C27H38N2. The fourth-order valence-electron chi connectivity index (χ4n) is 8.27. The van der Waals surface area contributed by atoms with Crippen molar-refractivity contribution >= 4 is 5.57 Å². The van der Waals surface area contributed by atoms with E-state index in [1.807, 2.05) is 12.4 Å². The first-order valence-corrected chi connectivity index (χ1v) is 11.7. The lowest BCUT2D eigenvalue weighted by Crippen LogP contribution is -2.75. The van der Waals surface area contributed by atoms with Crippen LogP contribution in [0.3, 0.4) is 0 Å². The molecule has 2 fully saturated rings. The molecule has 156 valence electrons. The van der Waals surface area contributed by atoms with Gasteiger partial charge in [0.2, 0.25) is 0 Å². The maximum Gasteiger partial charge on any atom is 0.0343 e. The zero-order chi connectivity index (χ0) is 20.7. The highest BCUT2D eigenvalue weighted by Gasteiger charge is 2.73. The number of hydrogen-bond acceptors (Lipinski definition) is 2. The highest BCUT2D eigenvalue weighted by atomic mass is 14.9. The van der Waals surface area contributed by atoms with Gasteiger partial charge in [-0.15, -0.1) is 0 Å². The third kappa shape index (κ3) is 2.10. The summed E-state index contributed by atoms with van der Waals surface area (Å²) in [6.45, 7) is 12.5. The summed E-state index contributed by atoms with van der Waals surface area (Å²) in [6, 6.07) is 4.30. The topological polar surface area (TPSA) is 38.9 Å². The summed E-state index contributed by atoms with van der Waals surface area (Å²) < 4.78 is 0. The summed E-state index contributed by atoms with van der Waals surface area (Å²) in [4.78, 5) is 4.42. The van der Waals surface area contributed by atoms with E-state index in [1.54, 1.807) is 5.57 Å². The van der Waals surface area contributed by atoms with E-state index in [2.05, 4.69) is 63.9 Å². The van der Waals surface area contributed by atoms with Gasteiger partial charge in [0.05, 0.1) is 0 Å². The summed E-state index contributed by atoms with van der Waals surface area (Å²) in [5.41, 5.74) is 12.5. The molecule has 0 bridgehead atoms. The van der Waals surface area contributed by atoms with E-state index >= 15 is 0 Å². The van der Waals surface area contributed by atoms with Gasteiger partial charge in [-0.05, 0) is 84.3 Å². The van der Waals surface area contributed by atoms with Crippen LogP contribution >= 0.6 is 0 Å². The molecule has 1 aromatic heterocycles. The van der Waals surface area contributed by atoms with Crippen LogP contribution in [-0.4, -0.2) is 10.5 Å². The molecule has 6 atom stereocenters. The molecule has 1 unspecified atom stereocenters. The van der Waals surface area contributed by atoms with Gasteiger partial charge in [0, 0.05) is 23.3 Å². The molecule has 0 aromatic carbocycles. The van der Waals surface area contributed by atoms with Crippen LogP contribution in [0.5, 0.6) is 0 Å². The minimum atomic E-state index is -0.188. The van der Waals surface area contributed by atoms with E-state index in [1.165, 1.54) is 43.2 Å². The molecule has 0 radical (unpaired) electrons. The second kappa shape index (κ2) is 5.84. The molecule has 0 amide bonds. The average molecular weight is 391 g/mol. The second-order valence-corrected chi connectivity index (χ2v) is 11.6. The predicted molar refractivity (Wildman–Crippen MR) is 121 cm³/mol. The van der Waals surface area contributed by atoms with Crippen molar-refractivity contribution in [1.82, 2.24) is 4.98 Å². The first-order valence-electron chi connectivity index (χ1n) is 11.7. The number of nitrogens with two attached hydrogens (primary N) is 1. The molecule has 5 rings (SSSR count). The molecular weight excluding hydrogens is 352 g/mol. The fourth-order valence-corrected chi connectivity index (χ4v) is 8.27. The van der Waals surface area contributed by atoms with E-state index in [0.717, 1.165) is 18.8 Å². The van der Waals surface area contributed by atoms with Gasteiger partial charge in [-0.2, -0.15) is 0 Å². The molecule has 4 aliphatic carbocycles. The third-order valence-corrected chi connectivity index (χ3v) is 10.9. The number of rotatable bonds is 1. The van der Waals surface area contributed by atoms with Crippen molar-refractivity contribution in [3.05, 3.63) is 47.8 Å². The first kappa shape index (κ1) is 19.5. The van der Waals surface area contributed by atoms with E-state index in [4.69, 9.17) is 5.73 Å². The Bertz CT molecular complexity index is 900. The number of pyridine rings is 1. The van der Waals surface area contributed by atoms with Gasteiger partial charge in [0.1, 0.15) is 0 Å². The highest BCUT2D eigenvalue weighted by Crippen LogP contribution is 2.76. The number of aromatic nitrogens is 1. The molecule has 2 N–H and O–H groups in total. The van der Waals surface area contributed by atoms with Crippen LogP contribution in [0.15, 0.2) is 42.3 Å². The van der Waals surface area contributed by atoms with Gasteiger partial charge < -0.3 is 5.73 Å². The Labute approximate surface area is 177 Å². The standard InChI is InChI=1S/C27H38N2/c1-19-8-11-23(2)21(17-19)9-13-27(28)25(4)12-10-22(20-7-6-16-29-18-20)24(25,3)14-15-26(23,27)5/h6-7,9-10,16,18-19H,8,11-15,17,28H2,1-5H3/t19?,23-,24+,25+,26+,27+/m0/s1. The monoisotopic (exact) mass is 390 g/mol. The Morgan fingerprint density at radius 1 is 0.966 bits per heavy atom. The van der Waals surface area contributed by atoms with Crippen molar-refractivity contribution in [3.8, 4) is 0 Å². The Kier molecular flexibility index (Phi) is 3.94. The molecule has 2 nitrogen and oxygen atoms in total. The zero-order valence-electron chi connectivity index (χ0n) is 19.0. The van der Waals surface area contributed by atoms with Gasteiger partial charge >= 0.3 is 0 Å². The lowest BCUT2D eigenvalue weighted by Gasteiger charge is -2.72. The van der Waals surface area contributed by atoms with Crippen LogP contribution in [0, 0.1) is 27.6 Å². The maximum atomic E-state index is 7.68. The van der Waals surface area contributed by atoms with Gasteiger partial charge in [0.15, 0.2) is 0 Å². The quantitative estimate of drug-likeness (QED) is 0.553. The van der Waals surface area contributed by atoms with Crippen LogP contribution in [0.2, 0.25) is 0 Å². The van der Waals surface area contributed by atoms with Crippen LogP contribution < -0.4 is 5.73 Å². The van der Waals surface area contributed by atoms with E-state index in [-0.39, 0.29) is 27.2 Å². The molecule has 4 aliphatic rings. The number of nitrogens with zero attached hydrogens (tertiary/aromatic N) is 1. The average Bonchev–Trinajstić information content (AvgIpc) is 2.99. The van der Waals surface area contributed by atoms with E-state index < -0.39 is 0 Å². The lowest BCUT2D eigenvalue weighted by atomic mass is 9.33. The van der Waals surface area contributed by atoms with Crippen LogP contribution in [0.25, 0.3) is 5.57 Å². The Balaban J connectivity index is 1.63. The number of hydrogen-bond donors (Lipinski definition) is 1. The van der Waals surface area contributed by atoms with Gasteiger partial charge in [0.25, 0.3) is 0 Å². The van der Waals surface area contributed by atoms with Crippen LogP contribution in [0.1, 0.15) is 85.1 Å². The van der Waals surface area contributed by atoms with Crippen molar-refractivity contribution in [1.29, 1.82) is 0 Å². The first-order chi connectivity index (χ1) is 13.6. The minimum absolute atomic E-state index is 0.0618. The second-order valence-electron chi connectivity index (χ2n) is 11.6. The molecule has 29 heavy (non-hydrogen) atoms. The Hall–Kier alpha value is -1.41. The summed E-state index contributed by atoms with van der Waals surface area (Å²) in [6.07, 6.45) is 17.5. The molecule has 2 heteroatoms. The van der Waals surface area contributed by atoms with Gasteiger partial charge in [-0.1, -0.05) is 58.4 Å². The largest absolute Gasteiger partial charge is 0.324 e. The van der Waals surface area contributed by atoms with Crippen molar-refractivity contribution in [2.45, 2.75) is 85.1 Å². The maximum absolute atomic E-state index is 7.68. The van der Waals surface area contributed by atoms with Crippen molar-refractivity contribution in [3.63, 3.8) is 0 Å². The molecule has 1 aromatic rings. The highest BCUT2D eigenvalue weighted by molar-refractivity contribution is 5.74. The molecule has 0 aliphatic heterocycles. The summed E-state index contributed by atoms with van der Waals surface area (Å²) in [5, 5.41) is 0. The minimum Gasteiger partial charge on any atom is -0.324 e. The predicted octanol–water partition coefficient (Wildman–Crippen LogP) is 6.54. The molecule has 1 heterocycles. The zero-order valence-corrected chi connectivity index (χ0v) is 19.0. The third-order valence-electron chi connectivity index (χ3n) is 10.9. The SMILES string of the molecule is CC1CC[C@@]2(C)C(=CC[C@]3(N)[C@]2(C)CC[C@]2(C)C(c4cccnc4)=CC[C@@]32C)C1. The summed E-state index contributed by atoms with van der Waals surface area (Å²) >= 11 is 0. The number of fused-ring (bicyclic) bond motifs is 5. The smallest absolute Gasteiger partial charge is 0.0343 e. The molecule has 0 saturated heterocycles. The Morgan fingerprint density at radius 3 is 2.48 bits per heavy atom. The lowest BCUT2D eigenvalue weighted by molar-refractivity contribution is -0.155. The van der Waals surface area contributed by atoms with E-state index in [9.17, 15) is 0 Å². The van der Waals surface area contributed by atoms with E-state index in [0.29, 0.717) is 0 Å². The summed E-state index contributed by atoms with van der Waals surface area (Å²) in [7, 11) is 0. The normalized spacial score (nSPS) is 48.8. The van der Waals surface area contributed by atoms with Crippen molar-refractivity contribution < 1.29 is 0 Å². The van der Waals surface area contributed by atoms with Gasteiger partial charge in [-0.3, -0.25) is 4.98 Å². The summed E-state index contributed by atoms with van der Waals surface area (Å²) in [5.74, 6) is 0.818.